The number of likely N-dealkylation sites (N-methyl/N-ethyl adjacent to an activating group) is 1. The molecule has 0 aliphatic rings. The van der Waals surface area contributed by atoms with Crippen LogP contribution < -0.4 is 10.6 Å². The molecule has 1 rings (SSSR count). The normalized spacial score (nSPS) is 9.55. The first-order chi connectivity index (χ1) is 9.02. The maximum Gasteiger partial charge on any atom is 0.226 e. The van der Waals surface area contributed by atoms with Gasteiger partial charge in [-0.2, -0.15) is 0 Å². The second-order valence-electron chi connectivity index (χ2n) is 4.56. The Labute approximate surface area is 126 Å². The number of nitrogens with one attached hydrogen (secondary N) is 2. The van der Waals surface area contributed by atoms with Crippen molar-refractivity contribution >= 4 is 29.9 Å². The van der Waals surface area contributed by atoms with E-state index in [4.69, 9.17) is 0 Å². The Morgan fingerprint density at radius 3 is 2.25 bits per heavy atom. The number of rotatable bonds is 6. The molecule has 0 spiro atoms. The molecule has 0 bridgehead atoms. The molecule has 0 radical (unpaired) electrons. The Balaban J connectivity index is 0.00000361. The zero-order valence-electron chi connectivity index (χ0n) is 12.1. The second-order valence-corrected chi connectivity index (χ2v) is 4.56. The number of carbonyl (C=O) groups is 2. The van der Waals surface area contributed by atoms with Gasteiger partial charge in [0.1, 0.15) is 0 Å². The fourth-order valence-corrected chi connectivity index (χ4v) is 1.50. The van der Waals surface area contributed by atoms with Gasteiger partial charge in [0.25, 0.3) is 0 Å². The lowest BCUT2D eigenvalue weighted by molar-refractivity contribution is -0.128. The van der Waals surface area contributed by atoms with Gasteiger partial charge < -0.3 is 15.5 Å². The van der Waals surface area contributed by atoms with E-state index in [1.165, 1.54) is 0 Å². The quantitative estimate of drug-likeness (QED) is 0.832. The fraction of sp³-hybridized carbons (Fsp3) is 0.429. The molecule has 6 heteroatoms. The number of hydrogen-bond donors (Lipinski definition) is 2. The van der Waals surface area contributed by atoms with Crippen molar-refractivity contribution in [3.05, 3.63) is 29.8 Å². The van der Waals surface area contributed by atoms with E-state index in [9.17, 15) is 9.59 Å². The van der Waals surface area contributed by atoms with Crippen molar-refractivity contribution in [1.29, 1.82) is 0 Å². The highest BCUT2D eigenvalue weighted by molar-refractivity contribution is 5.90. The lowest BCUT2D eigenvalue weighted by atomic mass is 10.1. The molecule has 20 heavy (non-hydrogen) atoms. The molecule has 0 unspecified atom stereocenters. The second kappa shape index (κ2) is 9.34. The van der Waals surface area contributed by atoms with E-state index in [1.807, 2.05) is 31.3 Å². The number of halogens is 1. The topological polar surface area (TPSA) is 61.4 Å². The van der Waals surface area contributed by atoms with Crippen molar-refractivity contribution in [3.63, 3.8) is 0 Å². The maximum absolute atomic E-state index is 11.5. The molecule has 112 valence electrons. The lowest BCUT2D eigenvalue weighted by Crippen LogP contribution is -2.23. The predicted molar refractivity (Wildman–Crippen MR) is 83.3 cm³/mol. The molecule has 1 aromatic carbocycles. The summed E-state index contributed by atoms with van der Waals surface area (Å²) in [4.78, 5) is 24.6. The molecule has 0 atom stereocenters. The van der Waals surface area contributed by atoms with Crippen molar-refractivity contribution in [2.45, 2.75) is 12.8 Å². The number of amides is 2. The summed E-state index contributed by atoms with van der Waals surface area (Å²) in [5, 5.41) is 5.73. The van der Waals surface area contributed by atoms with Crippen LogP contribution in [-0.4, -0.2) is 44.4 Å². The van der Waals surface area contributed by atoms with Crippen LogP contribution in [0.4, 0.5) is 5.69 Å². The predicted octanol–water partition coefficient (Wildman–Crippen LogP) is 1.29. The fourth-order valence-electron chi connectivity index (χ4n) is 1.50. The standard InChI is InChI=1S/C14H21N3O2.ClH/c1-15-9-8-13(18)16-12-6-4-11(5-7-12)10-14(19)17(2)3;/h4-7,15H,8-10H2,1-3H3,(H,16,18);1H. The van der Waals surface area contributed by atoms with Gasteiger partial charge in [0.2, 0.25) is 11.8 Å². The molecule has 0 heterocycles. The van der Waals surface area contributed by atoms with Crippen LogP contribution in [0.2, 0.25) is 0 Å². The van der Waals surface area contributed by atoms with E-state index in [0.717, 1.165) is 11.3 Å². The summed E-state index contributed by atoms with van der Waals surface area (Å²) in [7, 11) is 5.28. The zero-order valence-corrected chi connectivity index (χ0v) is 12.9. The van der Waals surface area contributed by atoms with Crippen LogP contribution in [0.3, 0.4) is 0 Å². The molecule has 0 aromatic heterocycles. The number of carbonyl (C=O) groups excluding carboxylic acids is 2. The SMILES string of the molecule is CNCCC(=O)Nc1ccc(CC(=O)N(C)C)cc1.Cl. The lowest BCUT2D eigenvalue weighted by Gasteiger charge is -2.10. The maximum atomic E-state index is 11.5. The number of benzene rings is 1. The minimum atomic E-state index is -0.0218. The third kappa shape index (κ3) is 6.54. The van der Waals surface area contributed by atoms with Crippen LogP contribution >= 0.6 is 12.4 Å². The van der Waals surface area contributed by atoms with E-state index in [2.05, 4.69) is 10.6 Å². The van der Waals surface area contributed by atoms with E-state index in [0.29, 0.717) is 19.4 Å². The summed E-state index contributed by atoms with van der Waals surface area (Å²) >= 11 is 0. The van der Waals surface area contributed by atoms with Crippen LogP contribution in [-0.2, 0) is 16.0 Å². The van der Waals surface area contributed by atoms with Crippen LogP contribution in [0.1, 0.15) is 12.0 Å². The molecule has 0 fully saturated rings. The Morgan fingerprint density at radius 2 is 1.75 bits per heavy atom. The summed E-state index contributed by atoms with van der Waals surface area (Å²) in [5.74, 6) is 0.0391. The third-order valence-electron chi connectivity index (χ3n) is 2.69. The van der Waals surface area contributed by atoms with Gasteiger partial charge in [-0.25, -0.2) is 0 Å². The van der Waals surface area contributed by atoms with Gasteiger partial charge in [-0.15, -0.1) is 12.4 Å². The molecular weight excluding hydrogens is 278 g/mol. The van der Waals surface area contributed by atoms with Gasteiger partial charge in [-0.3, -0.25) is 9.59 Å². The first-order valence-electron chi connectivity index (χ1n) is 6.26. The molecular formula is C14H22ClN3O2. The molecule has 0 saturated carbocycles. The van der Waals surface area contributed by atoms with Gasteiger partial charge in [0, 0.05) is 32.7 Å². The van der Waals surface area contributed by atoms with E-state index in [1.54, 1.807) is 19.0 Å². The van der Waals surface area contributed by atoms with Gasteiger partial charge in [0.05, 0.1) is 6.42 Å². The average molecular weight is 300 g/mol. The Hall–Kier alpha value is -1.59. The molecule has 0 saturated heterocycles. The summed E-state index contributed by atoms with van der Waals surface area (Å²) in [6.07, 6.45) is 0.818. The summed E-state index contributed by atoms with van der Waals surface area (Å²) in [6.45, 7) is 0.654. The summed E-state index contributed by atoms with van der Waals surface area (Å²) < 4.78 is 0. The Bertz CT molecular complexity index is 433. The van der Waals surface area contributed by atoms with Crippen molar-refractivity contribution in [1.82, 2.24) is 10.2 Å². The molecule has 5 nitrogen and oxygen atoms in total. The smallest absolute Gasteiger partial charge is 0.226 e. The minimum Gasteiger partial charge on any atom is -0.349 e. The van der Waals surface area contributed by atoms with Crippen molar-refractivity contribution in [2.75, 3.05) is 33.0 Å². The highest BCUT2D eigenvalue weighted by Gasteiger charge is 2.06. The largest absolute Gasteiger partial charge is 0.349 e. The van der Waals surface area contributed by atoms with Gasteiger partial charge in [-0.05, 0) is 24.7 Å². The van der Waals surface area contributed by atoms with Crippen LogP contribution in [0.25, 0.3) is 0 Å². The van der Waals surface area contributed by atoms with Crippen molar-refractivity contribution < 1.29 is 9.59 Å². The third-order valence-corrected chi connectivity index (χ3v) is 2.69. The summed E-state index contributed by atoms with van der Waals surface area (Å²) in [5.41, 5.74) is 1.69. The average Bonchev–Trinajstić information content (AvgIpc) is 2.38. The molecule has 2 amide bonds. The molecule has 2 N–H and O–H groups in total. The number of nitrogens with zero attached hydrogens (tertiary/aromatic N) is 1. The van der Waals surface area contributed by atoms with E-state index in [-0.39, 0.29) is 24.2 Å². The van der Waals surface area contributed by atoms with Gasteiger partial charge in [-0.1, -0.05) is 12.1 Å². The first kappa shape index (κ1) is 18.4. The molecule has 1 aromatic rings. The minimum absolute atomic E-state index is 0. The van der Waals surface area contributed by atoms with Crippen molar-refractivity contribution in [3.8, 4) is 0 Å². The van der Waals surface area contributed by atoms with Crippen LogP contribution in [0.15, 0.2) is 24.3 Å². The highest BCUT2D eigenvalue weighted by atomic mass is 35.5. The Morgan fingerprint density at radius 1 is 1.15 bits per heavy atom. The van der Waals surface area contributed by atoms with Crippen molar-refractivity contribution in [2.24, 2.45) is 0 Å². The van der Waals surface area contributed by atoms with E-state index >= 15 is 0 Å². The monoisotopic (exact) mass is 299 g/mol. The zero-order chi connectivity index (χ0) is 14.3. The molecule has 0 aliphatic heterocycles. The van der Waals surface area contributed by atoms with Crippen LogP contribution in [0.5, 0.6) is 0 Å². The van der Waals surface area contributed by atoms with Gasteiger partial charge >= 0.3 is 0 Å². The Kier molecular flexibility index (Phi) is 8.59. The number of hydrogen-bond acceptors (Lipinski definition) is 3. The number of anilines is 1. The molecule has 0 aliphatic carbocycles. The van der Waals surface area contributed by atoms with E-state index < -0.39 is 0 Å². The first-order valence-corrected chi connectivity index (χ1v) is 6.26. The highest BCUT2D eigenvalue weighted by Crippen LogP contribution is 2.10. The van der Waals surface area contributed by atoms with Gasteiger partial charge in [0.15, 0.2) is 0 Å². The summed E-state index contributed by atoms with van der Waals surface area (Å²) in [6, 6.07) is 7.34. The van der Waals surface area contributed by atoms with Crippen LogP contribution in [0, 0.1) is 0 Å².